The molecule has 148 valence electrons. The number of carbonyl (C=O) groups excluding carboxylic acids is 3. The highest BCUT2D eigenvalue weighted by molar-refractivity contribution is 8.18. The van der Waals surface area contributed by atoms with E-state index >= 15 is 0 Å². The number of hydrogen-bond acceptors (Lipinski definition) is 9. The Morgan fingerprint density at radius 1 is 1.39 bits per heavy atom. The molecule has 10 nitrogen and oxygen atoms in total. The molecular weight excluding hydrogens is 392 g/mol. The first-order valence-electron chi connectivity index (χ1n) is 8.33. The van der Waals surface area contributed by atoms with Crippen LogP contribution < -0.4 is 9.47 Å². The molecule has 1 atom stereocenters. The maximum Gasteiger partial charge on any atom is 0.326 e. The van der Waals surface area contributed by atoms with Crippen LogP contribution in [0.2, 0.25) is 0 Å². The van der Waals surface area contributed by atoms with E-state index in [9.17, 15) is 24.5 Å². The van der Waals surface area contributed by atoms with Gasteiger partial charge in [0.05, 0.1) is 27.6 Å². The minimum absolute atomic E-state index is 0.0386. The second-order valence-electron chi connectivity index (χ2n) is 6.00. The van der Waals surface area contributed by atoms with E-state index in [0.717, 1.165) is 4.90 Å². The van der Waals surface area contributed by atoms with Crippen molar-refractivity contribution in [2.75, 3.05) is 13.3 Å². The minimum Gasteiger partial charge on any atom is -0.461 e. The number of nitro benzene ring substituents is 1. The molecule has 0 aromatic heterocycles. The molecule has 0 N–H and O–H groups in total. The summed E-state index contributed by atoms with van der Waals surface area (Å²) >= 11 is 0.593. The largest absolute Gasteiger partial charge is 0.461 e. The molecule has 0 aliphatic carbocycles. The first-order chi connectivity index (χ1) is 13.3. The Kier molecular flexibility index (Phi) is 5.54. The first kappa shape index (κ1) is 19.7. The molecule has 0 radical (unpaired) electrons. The van der Waals surface area contributed by atoms with Gasteiger partial charge in [-0.3, -0.25) is 29.4 Å². The van der Waals surface area contributed by atoms with E-state index in [2.05, 4.69) is 0 Å². The molecule has 2 aliphatic rings. The van der Waals surface area contributed by atoms with E-state index in [-0.39, 0.29) is 34.8 Å². The fraction of sp³-hybridized carbons (Fsp3) is 0.353. The monoisotopic (exact) mass is 408 g/mol. The van der Waals surface area contributed by atoms with Crippen LogP contribution >= 0.6 is 11.8 Å². The summed E-state index contributed by atoms with van der Waals surface area (Å²) in [6.07, 6.45) is 1.49. The van der Waals surface area contributed by atoms with Gasteiger partial charge in [0.1, 0.15) is 6.54 Å². The standard InChI is InChI=1S/C17H16N2O8S/c1-3-9(2)27-15(20)7-18-16(21)14(28-17(18)22)5-10-4-12-13(26-8-25-12)6-11(10)19(23)24/h4-6,9H,3,7-8H2,1-2H3/b14-5-/t9-/m0/s1. The van der Waals surface area contributed by atoms with Crippen molar-refractivity contribution >= 4 is 40.6 Å². The number of amides is 2. The average Bonchev–Trinajstić information content (AvgIpc) is 3.20. The van der Waals surface area contributed by atoms with Crippen LogP contribution in [0.4, 0.5) is 10.5 Å². The fourth-order valence-electron chi connectivity index (χ4n) is 2.47. The number of fused-ring (bicyclic) bond motifs is 1. The lowest BCUT2D eigenvalue weighted by atomic mass is 10.1. The van der Waals surface area contributed by atoms with Crippen molar-refractivity contribution in [3.8, 4) is 11.5 Å². The van der Waals surface area contributed by atoms with Crippen LogP contribution in [0.3, 0.4) is 0 Å². The maximum atomic E-state index is 12.5. The summed E-state index contributed by atoms with van der Waals surface area (Å²) in [5.74, 6) is -0.895. The lowest BCUT2D eigenvalue weighted by molar-refractivity contribution is -0.385. The number of esters is 1. The maximum absolute atomic E-state index is 12.5. The van der Waals surface area contributed by atoms with Crippen LogP contribution in [0.1, 0.15) is 25.8 Å². The van der Waals surface area contributed by atoms with Gasteiger partial charge in [-0.15, -0.1) is 0 Å². The fourth-order valence-corrected chi connectivity index (χ4v) is 3.30. The molecule has 0 saturated carbocycles. The third-order valence-electron chi connectivity index (χ3n) is 4.07. The summed E-state index contributed by atoms with van der Waals surface area (Å²) in [7, 11) is 0. The summed E-state index contributed by atoms with van der Waals surface area (Å²) in [6, 6.07) is 2.56. The molecule has 28 heavy (non-hydrogen) atoms. The van der Waals surface area contributed by atoms with Gasteiger partial charge in [0, 0.05) is 0 Å². The number of imide groups is 1. The minimum atomic E-state index is -0.719. The molecule has 3 rings (SSSR count). The zero-order valence-electron chi connectivity index (χ0n) is 15.0. The smallest absolute Gasteiger partial charge is 0.326 e. The van der Waals surface area contributed by atoms with Gasteiger partial charge in [0.15, 0.2) is 11.5 Å². The van der Waals surface area contributed by atoms with Gasteiger partial charge >= 0.3 is 5.97 Å². The van der Waals surface area contributed by atoms with Crippen molar-refractivity contribution in [3.63, 3.8) is 0 Å². The molecule has 1 fully saturated rings. The van der Waals surface area contributed by atoms with Gasteiger partial charge in [0.2, 0.25) is 6.79 Å². The normalized spacial score (nSPS) is 17.9. The van der Waals surface area contributed by atoms with Gasteiger partial charge < -0.3 is 14.2 Å². The van der Waals surface area contributed by atoms with Crippen molar-refractivity contribution in [3.05, 3.63) is 32.7 Å². The van der Waals surface area contributed by atoms with Gasteiger partial charge in [-0.2, -0.15) is 0 Å². The number of nitro groups is 1. The molecule has 1 saturated heterocycles. The summed E-state index contributed by atoms with van der Waals surface area (Å²) in [5.41, 5.74) is -0.214. The zero-order chi connectivity index (χ0) is 20.4. The number of nitrogens with zero attached hydrogens (tertiary/aromatic N) is 2. The lowest BCUT2D eigenvalue weighted by Gasteiger charge is -2.14. The van der Waals surface area contributed by atoms with Crippen LogP contribution in [0.5, 0.6) is 11.5 Å². The van der Waals surface area contributed by atoms with Crippen LogP contribution in [0.25, 0.3) is 6.08 Å². The average molecular weight is 408 g/mol. The molecule has 2 heterocycles. The van der Waals surface area contributed by atoms with E-state index < -0.39 is 28.6 Å². The van der Waals surface area contributed by atoms with Crippen LogP contribution in [-0.4, -0.2) is 46.4 Å². The topological polar surface area (TPSA) is 125 Å². The molecule has 1 aromatic carbocycles. The molecule has 0 unspecified atom stereocenters. The van der Waals surface area contributed by atoms with Crippen LogP contribution in [0, 0.1) is 10.1 Å². The second kappa shape index (κ2) is 7.89. The molecule has 2 amide bonds. The van der Waals surface area contributed by atoms with Crippen molar-refractivity contribution in [2.45, 2.75) is 26.4 Å². The number of benzene rings is 1. The number of hydrogen-bond donors (Lipinski definition) is 0. The summed E-state index contributed by atoms with van der Waals surface area (Å²) in [4.78, 5) is 47.9. The Balaban J connectivity index is 1.84. The Bertz CT molecular complexity index is 897. The predicted octanol–water partition coefficient (Wildman–Crippen LogP) is 2.70. The van der Waals surface area contributed by atoms with E-state index in [4.69, 9.17) is 14.2 Å². The molecular formula is C17H16N2O8S. The van der Waals surface area contributed by atoms with E-state index in [0.29, 0.717) is 23.9 Å². The SMILES string of the molecule is CC[C@H](C)OC(=O)CN1C(=O)S/C(=C\c2cc3c(cc2[N+](=O)[O-])OCO3)C1=O. The van der Waals surface area contributed by atoms with Gasteiger partial charge in [0.25, 0.3) is 16.8 Å². The Morgan fingerprint density at radius 3 is 2.71 bits per heavy atom. The Morgan fingerprint density at radius 2 is 2.07 bits per heavy atom. The van der Waals surface area contributed by atoms with Crippen LogP contribution in [0.15, 0.2) is 17.0 Å². The second-order valence-corrected chi connectivity index (χ2v) is 6.99. The van der Waals surface area contributed by atoms with Crippen LogP contribution in [-0.2, 0) is 14.3 Å². The van der Waals surface area contributed by atoms with E-state index in [1.807, 2.05) is 6.92 Å². The molecule has 11 heteroatoms. The third-order valence-corrected chi connectivity index (χ3v) is 4.98. The highest BCUT2D eigenvalue weighted by atomic mass is 32.2. The van der Waals surface area contributed by atoms with E-state index in [1.165, 1.54) is 18.2 Å². The zero-order valence-corrected chi connectivity index (χ0v) is 15.8. The lowest BCUT2D eigenvalue weighted by Crippen LogP contribution is -2.35. The van der Waals surface area contributed by atoms with Crippen molar-refractivity contribution < 1.29 is 33.5 Å². The number of carbonyl (C=O) groups is 3. The highest BCUT2D eigenvalue weighted by Crippen LogP contribution is 2.40. The molecule has 2 aliphatic heterocycles. The van der Waals surface area contributed by atoms with Crippen molar-refractivity contribution in [1.82, 2.24) is 4.90 Å². The summed E-state index contributed by atoms with van der Waals surface area (Å²) in [6.45, 7) is 2.95. The Hall–Kier alpha value is -3.08. The molecule has 0 bridgehead atoms. The van der Waals surface area contributed by atoms with Crippen molar-refractivity contribution in [1.29, 1.82) is 0 Å². The Labute approximate surface area is 163 Å². The molecule has 1 aromatic rings. The van der Waals surface area contributed by atoms with E-state index in [1.54, 1.807) is 6.92 Å². The van der Waals surface area contributed by atoms with Gasteiger partial charge in [-0.1, -0.05) is 6.92 Å². The molecule has 0 spiro atoms. The van der Waals surface area contributed by atoms with Gasteiger partial charge in [-0.25, -0.2) is 0 Å². The summed E-state index contributed by atoms with van der Waals surface area (Å²) in [5, 5.41) is 10.7. The number of thioether (sulfide) groups is 1. The highest BCUT2D eigenvalue weighted by Gasteiger charge is 2.37. The number of ether oxygens (including phenoxy) is 3. The summed E-state index contributed by atoms with van der Waals surface area (Å²) < 4.78 is 15.4. The van der Waals surface area contributed by atoms with Crippen molar-refractivity contribution in [2.24, 2.45) is 0 Å². The van der Waals surface area contributed by atoms with Gasteiger partial charge in [-0.05, 0) is 37.2 Å². The number of rotatable bonds is 6. The first-order valence-corrected chi connectivity index (χ1v) is 9.14. The third kappa shape index (κ3) is 3.93. The quantitative estimate of drug-likeness (QED) is 0.302. The predicted molar refractivity (Wildman–Crippen MR) is 97.7 cm³/mol.